The van der Waals surface area contributed by atoms with Crippen molar-refractivity contribution in [3.63, 3.8) is 0 Å². The molecule has 0 spiro atoms. The number of piperazine rings is 1. The van der Waals surface area contributed by atoms with Crippen LogP contribution in [-0.4, -0.2) is 66.2 Å². The summed E-state index contributed by atoms with van der Waals surface area (Å²) >= 11 is 0. The van der Waals surface area contributed by atoms with Crippen LogP contribution in [-0.2, 0) is 4.79 Å². The Kier molecular flexibility index (Phi) is 3.75. The molecular weight excluding hydrogens is 234 g/mol. The van der Waals surface area contributed by atoms with Gasteiger partial charge in [-0.25, -0.2) is 4.79 Å². The number of carbonyl (C=O) groups excluding carboxylic acids is 1. The number of urea groups is 1. The van der Waals surface area contributed by atoms with Crippen molar-refractivity contribution >= 4 is 12.0 Å². The minimum absolute atomic E-state index is 0.0105. The van der Waals surface area contributed by atoms with Gasteiger partial charge in [-0.2, -0.15) is 0 Å². The summed E-state index contributed by atoms with van der Waals surface area (Å²) in [6.45, 7) is 5.77. The van der Waals surface area contributed by atoms with Crippen LogP contribution in [0.2, 0.25) is 0 Å². The molecule has 1 atom stereocenters. The van der Waals surface area contributed by atoms with E-state index in [1.807, 2.05) is 4.90 Å². The summed E-state index contributed by atoms with van der Waals surface area (Å²) in [5, 5.41) is 12.4. The van der Waals surface area contributed by atoms with Crippen molar-refractivity contribution in [3.05, 3.63) is 0 Å². The molecule has 0 aromatic carbocycles. The van der Waals surface area contributed by atoms with Gasteiger partial charge >= 0.3 is 12.0 Å². The molecule has 6 nitrogen and oxygen atoms in total. The quantitative estimate of drug-likeness (QED) is 0.702. The lowest BCUT2D eigenvalue weighted by Crippen LogP contribution is -2.56. The second kappa shape index (κ2) is 5.14. The van der Waals surface area contributed by atoms with Crippen LogP contribution in [0.1, 0.15) is 19.8 Å². The fraction of sp³-hybridized carbons (Fsp3) is 0.833. The maximum absolute atomic E-state index is 12.3. The van der Waals surface area contributed by atoms with E-state index in [9.17, 15) is 14.7 Å². The monoisotopic (exact) mass is 255 g/mol. The van der Waals surface area contributed by atoms with Gasteiger partial charge in [0.15, 0.2) is 0 Å². The number of rotatable bonds is 1. The van der Waals surface area contributed by atoms with Gasteiger partial charge in [0.2, 0.25) is 0 Å². The zero-order chi connectivity index (χ0) is 13.2. The summed E-state index contributed by atoms with van der Waals surface area (Å²) in [5.41, 5.74) is -0.790. The molecule has 2 fully saturated rings. The van der Waals surface area contributed by atoms with Crippen LogP contribution < -0.4 is 5.32 Å². The molecular formula is C12H21N3O3. The zero-order valence-corrected chi connectivity index (χ0v) is 10.8. The van der Waals surface area contributed by atoms with E-state index in [4.69, 9.17) is 0 Å². The van der Waals surface area contributed by atoms with Gasteiger partial charge in [0.25, 0.3) is 0 Å². The van der Waals surface area contributed by atoms with Crippen LogP contribution in [0.15, 0.2) is 0 Å². The van der Waals surface area contributed by atoms with Crippen LogP contribution in [0.5, 0.6) is 0 Å². The van der Waals surface area contributed by atoms with E-state index in [0.29, 0.717) is 32.6 Å². The van der Waals surface area contributed by atoms with Crippen molar-refractivity contribution in [1.82, 2.24) is 15.1 Å². The number of carboxylic acids is 1. The summed E-state index contributed by atoms with van der Waals surface area (Å²) in [5.74, 6) is -0.805. The number of nitrogens with zero attached hydrogens (tertiary/aromatic N) is 2. The van der Waals surface area contributed by atoms with E-state index < -0.39 is 11.4 Å². The molecule has 2 amide bonds. The molecule has 0 aromatic rings. The SMILES string of the molecule is CC1(C(=O)O)CCCN(C(=O)N2CCNCC2)C1. The van der Waals surface area contributed by atoms with Crippen molar-refractivity contribution < 1.29 is 14.7 Å². The smallest absolute Gasteiger partial charge is 0.320 e. The molecule has 102 valence electrons. The van der Waals surface area contributed by atoms with Gasteiger partial charge in [-0.1, -0.05) is 0 Å². The van der Waals surface area contributed by atoms with E-state index in [1.54, 1.807) is 11.8 Å². The van der Waals surface area contributed by atoms with Crippen molar-refractivity contribution in [2.45, 2.75) is 19.8 Å². The normalized spacial score (nSPS) is 29.2. The van der Waals surface area contributed by atoms with E-state index >= 15 is 0 Å². The number of hydrogen-bond acceptors (Lipinski definition) is 3. The number of aliphatic carboxylic acids is 1. The maximum atomic E-state index is 12.3. The van der Waals surface area contributed by atoms with Crippen LogP contribution in [0, 0.1) is 5.41 Å². The van der Waals surface area contributed by atoms with Crippen LogP contribution in [0.4, 0.5) is 4.79 Å². The Morgan fingerprint density at radius 3 is 2.44 bits per heavy atom. The van der Waals surface area contributed by atoms with Gasteiger partial charge in [-0.15, -0.1) is 0 Å². The predicted molar refractivity (Wildman–Crippen MR) is 66.4 cm³/mol. The van der Waals surface area contributed by atoms with Crippen molar-refractivity contribution in [2.24, 2.45) is 5.41 Å². The van der Waals surface area contributed by atoms with Crippen molar-refractivity contribution in [2.75, 3.05) is 39.3 Å². The molecule has 2 rings (SSSR count). The predicted octanol–water partition coefficient (Wildman–Crippen LogP) is 0.198. The first-order chi connectivity index (χ1) is 8.53. The minimum atomic E-state index is -0.805. The lowest BCUT2D eigenvalue weighted by atomic mass is 9.82. The van der Waals surface area contributed by atoms with E-state index in [0.717, 1.165) is 19.5 Å². The first kappa shape index (κ1) is 13.1. The highest BCUT2D eigenvalue weighted by Gasteiger charge is 2.40. The van der Waals surface area contributed by atoms with Crippen molar-refractivity contribution in [3.8, 4) is 0 Å². The Labute approximate surface area is 107 Å². The molecule has 0 radical (unpaired) electrons. The number of amides is 2. The maximum Gasteiger partial charge on any atom is 0.320 e. The summed E-state index contributed by atoms with van der Waals surface area (Å²) in [6, 6.07) is -0.0105. The lowest BCUT2D eigenvalue weighted by Gasteiger charge is -2.40. The number of carboxylic acid groups (broad SMARTS) is 1. The Hall–Kier alpha value is -1.30. The van der Waals surface area contributed by atoms with E-state index in [2.05, 4.69) is 5.32 Å². The van der Waals surface area contributed by atoms with E-state index in [-0.39, 0.29) is 6.03 Å². The van der Waals surface area contributed by atoms with Gasteiger partial charge in [-0.3, -0.25) is 4.79 Å². The van der Waals surface area contributed by atoms with E-state index in [1.165, 1.54) is 0 Å². The first-order valence-corrected chi connectivity index (χ1v) is 6.51. The molecule has 6 heteroatoms. The number of carbonyl (C=O) groups is 2. The highest BCUT2D eigenvalue weighted by molar-refractivity contribution is 5.78. The largest absolute Gasteiger partial charge is 0.481 e. The fourth-order valence-electron chi connectivity index (χ4n) is 2.63. The molecule has 2 aliphatic heterocycles. The molecule has 2 saturated heterocycles. The van der Waals surface area contributed by atoms with Crippen LogP contribution >= 0.6 is 0 Å². The number of hydrogen-bond donors (Lipinski definition) is 2. The highest BCUT2D eigenvalue weighted by atomic mass is 16.4. The molecule has 2 aliphatic rings. The summed E-state index contributed by atoms with van der Waals surface area (Å²) in [6.07, 6.45) is 1.41. The average Bonchev–Trinajstić information content (AvgIpc) is 2.39. The second-order valence-electron chi connectivity index (χ2n) is 5.41. The fourth-order valence-corrected chi connectivity index (χ4v) is 2.63. The summed E-state index contributed by atoms with van der Waals surface area (Å²) in [7, 11) is 0. The number of nitrogens with one attached hydrogen (secondary N) is 1. The Bertz CT molecular complexity index is 341. The van der Waals surface area contributed by atoms with Crippen LogP contribution in [0.25, 0.3) is 0 Å². The van der Waals surface area contributed by atoms with Gasteiger partial charge < -0.3 is 20.2 Å². The highest BCUT2D eigenvalue weighted by Crippen LogP contribution is 2.30. The van der Waals surface area contributed by atoms with Gasteiger partial charge in [0.1, 0.15) is 0 Å². The molecule has 0 bridgehead atoms. The molecule has 0 saturated carbocycles. The third-order valence-corrected chi connectivity index (χ3v) is 3.87. The number of likely N-dealkylation sites (tertiary alicyclic amines) is 1. The minimum Gasteiger partial charge on any atom is -0.481 e. The summed E-state index contributed by atoms with van der Waals surface area (Å²) in [4.78, 5) is 27.1. The number of piperidine rings is 1. The van der Waals surface area contributed by atoms with Crippen LogP contribution in [0.3, 0.4) is 0 Å². The van der Waals surface area contributed by atoms with Gasteiger partial charge in [0.05, 0.1) is 5.41 Å². The zero-order valence-electron chi connectivity index (χ0n) is 10.8. The third kappa shape index (κ3) is 2.58. The molecule has 2 N–H and O–H groups in total. The average molecular weight is 255 g/mol. The topological polar surface area (TPSA) is 72.9 Å². The van der Waals surface area contributed by atoms with Crippen molar-refractivity contribution in [1.29, 1.82) is 0 Å². The van der Waals surface area contributed by atoms with Gasteiger partial charge in [-0.05, 0) is 19.8 Å². The van der Waals surface area contributed by atoms with Gasteiger partial charge in [0, 0.05) is 39.3 Å². The molecule has 1 unspecified atom stereocenters. The molecule has 0 aliphatic carbocycles. The first-order valence-electron chi connectivity index (χ1n) is 6.51. The summed E-state index contributed by atoms with van der Waals surface area (Å²) < 4.78 is 0. The Morgan fingerprint density at radius 1 is 1.17 bits per heavy atom. The lowest BCUT2D eigenvalue weighted by molar-refractivity contribution is -0.150. The third-order valence-electron chi connectivity index (χ3n) is 3.87. The standard InChI is InChI=1S/C12H21N3O3/c1-12(10(16)17)3-2-6-15(9-12)11(18)14-7-4-13-5-8-14/h13H,2-9H2,1H3,(H,16,17). The molecule has 0 aromatic heterocycles. The Morgan fingerprint density at radius 2 is 1.83 bits per heavy atom. The molecule has 18 heavy (non-hydrogen) atoms. The Balaban J connectivity index is 1.99. The molecule has 2 heterocycles. The second-order valence-corrected chi connectivity index (χ2v) is 5.41.